The standard InChI is InChI=1S/C20H15F2I3O7S/c21-20(22,33(28,29)30)9-31-19(27)14-6-11(5-10-3-1-2-4-13(10)14)18(26)32-17-15(24)7-12(23)8-16(17)25/h1-4,7-8,11,14H,5-6,9H2,(H,28,29,30)/p-1. The van der Waals surface area contributed by atoms with Gasteiger partial charge in [0.25, 0.3) is 0 Å². The molecule has 1 aliphatic rings. The van der Waals surface area contributed by atoms with Crippen molar-refractivity contribution in [2.45, 2.75) is 24.0 Å². The van der Waals surface area contributed by atoms with Gasteiger partial charge in [-0.05, 0) is 104 Å². The average Bonchev–Trinajstić information content (AvgIpc) is 2.72. The summed E-state index contributed by atoms with van der Waals surface area (Å²) in [6.07, 6.45) is 0.184. The molecule has 3 rings (SSSR count). The van der Waals surface area contributed by atoms with Crippen molar-refractivity contribution in [3.05, 3.63) is 58.2 Å². The summed E-state index contributed by atoms with van der Waals surface area (Å²) in [4.78, 5) is 25.6. The Bertz CT molecular complexity index is 1180. The van der Waals surface area contributed by atoms with Crippen LogP contribution in [-0.2, 0) is 30.9 Å². The number of carbonyl (C=O) groups excluding carboxylic acids is 2. The van der Waals surface area contributed by atoms with Gasteiger partial charge in [-0.25, -0.2) is 8.42 Å². The van der Waals surface area contributed by atoms with Crippen LogP contribution in [0, 0.1) is 16.6 Å². The van der Waals surface area contributed by atoms with Crippen molar-refractivity contribution in [3.8, 4) is 5.75 Å². The van der Waals surface area contributed by atoms with Crippen molar-refractivity contribution in [1.82, 2.24) is 0 Å². The first-order valence-electron chi connectivity index (χ1n) is 9.24. The maximum Gasteiger partial charge on any atom is 0.367 e. The van der Waals surface area contributed by atoms with Crippen molar-refractivity contribution in [1.29, 1.82) is 0 Å². The van der Waals surface area contributed by atoms with Gasteiger partial charge in [-0.2, -0.15) is 8.78 Å². The lowest BCUT2D eigenvalue weighted by molar-refractivity contribution is -0.152. The van der Waals surface area contributed by atoms with Crippen LogP contribution in [-0.4, -0.2) is 36.8 Å². The smallest absolute Gasteiger partial charge is 0.367 e. The third-order valence-corrected chi connectivity index (χ3v) is 8.02. The summed E-state index contributed by atoms with van der Waals surface area (Å²) >= 11 is 6.24. The van der Waals surface area contributed by atoms with Crippen LogP contribution in [0.3, 0.4) is 0 Å². The van der Waals surface area contributed by atoms with Crippen molar-refractivity contribution >= 4 is 89.8 Å². The van der Waals surface area contributed by atoms with E-state index < -0.39 is 45.8 Å². The fraction of sp³-hybridized carbons (Fsp3) is 0.300. The molecule has 0 saturated carbocycles. The van der Waals surface area contributed by atoms with E-state index in [1.54, 1.807) is 24.3 Å². The summed E-state index contributed by atoms with van der Waals surface area (Å²) < 4.78 is 71.5. The van der Waals surface area contributed by atoms with E-state index in [0.717, 1.165) is 10.7 Å². The van der Waals surface area contributed by atoms with Gasteiger partial charge in [-0.3, -0.25) is 9.59 Å². The second-order valence-electron chi connectivity index (χ2n) is 7.21. The Morgan fingerprint density at radius 3 is 2.30 bits per heavy atom. The van der Waals surface area contributed by atoms with Gasteiger partial charge in [0, 0.05) is 3.57 Å². The summed E-state index contributed by atoms with van der Waals surface area (Å²) in [5.41, 5.74) is 1.13. The van der Waals surface area contributed by atoms with E-state index in [2.05, 4.69) is 27.3 Å². The highest BCUT2D eigenvalue weighted by Gasteiger charge is 2.42. The summed E-state index contributed by atoms with van der Waals surface area (Å²) in [5.74, 6) is -3.23. The lowest BCUT2D eigenvalue weighted by atomic mass is 9.77. The molecule has 2 aromatic rings. The third-order valence-electron chi connectivity index (χ3n) is 4.95. The second kappa shape index (κ2) is 10.5. The van der Waals surface area contributed by atoms with Gasteiger partial charge in [-0.1, -0.05) is 24.3 Å². The van der Waals surface area contributed by atoms with Gasteiger partial charge in [0.15, 0.2) is 22.5 Å². The number of fused-ring (bicyclic) bond motifs is 1. The van der Waals surface area contributed by atoms with Crippen LogP contribution in [0.15, 0.2) is 36.4 Å². The minimum absolute atomic E-state index is 0.0814. The first-order valence-corrected chi connectivity index (χ1v) is 13.9. The monoisotopic (exact) mass is 817 g/mol. The van der Waals surface area contributed by atoms with Gasteiger partial charge in [0.2, 0.25) is 0 Å². The molecule has 7 nitrogen and oxygen atoms in total. The Balaban J connectivity index is 1.82. The Morgan fingerprint density at radius 2 is 1.70 bits per heavy atom. The van der Waals surface area contributed by atoms with Crippen LogP contribution >= 0.6 is 67.8 Å². The Labute approximate surface area is 229 Å². The molecule has 178 valence electrons. The van der Waals surface area contributed by atoms with E-state index in [-0.39, 0.29) is 12.8 Å². The Hall–Kier alpha value is -0.660. The molecule has 2 unspecified atom stereocenters. The highest BCUT2D eigenvalue weighted by atomic mass is 127. The number of rotatable bonds is 6. The van der Waals surface area contributed by atoms with E-state index in [1.165, 1.54) is 0 Å². The summed E-state index contributed by atoms with van der Waals surface area (Å²) in [6.45, 7) is -1.90. The zero-order valence-electron chi connectivity index (χ0n) is 16.4. The van der Waals surface area contributed by atoms with Crippen LogP contribution in [0.25, 0.3) is 0 Å². The minimum Gasteiger partial charge on any atom is -0.743 e. The van der Waals surface area contributed by atoms with Crippen LogP contribution in [0.4, 0.5) is 8.78 Å². The molecule has 0 aromatic heterocycles. The van der Waals surface area contributed by atoms with Gasteiger partial charge in [0.1, 0.15) is 0 Å². The number of hydrogen-bond acceptors (Lipinski definition) is 7. The fourth-order valence-electron chi connectivity index (χ4n) is 3.36. The molecule has 0 fully saturated rings. The lowest BCUT2D eigenvalue weighted by Gasteiger charge is -2.30. The SMILES string of the molecule is O=C(Oc1c(I)cc(I)cc1I)C1Cc2ccccc2C(C(=O)OCC(F)(F)S(=O)(=O)[O-])C1. The quantitative estimate of drug-likeness (QED) is 0.184. The number of carbonyl (C=O) groups is 2. The molecular weight excluding hydrogens is 803 g/mol. The maximum atomic E-state index is 13.5. The Kier molecular flexibility index (Phi) is 8.60. The predicted octanol–water partition coefficient (Wildman–Crippen LogP) is 4.43. The van der Waals surface area contributed by atoms with Gasteiger partial charge >= 0.3 is 17.2 Å². The highest BCUT2D eigenvalue weighted by Crippen LogP contribution is 2.38. The number of alkyl halides is 2. The molecule has 0 amide bonds. The molecule has 13 heteroatoms. The van der Waals surface area contributed by atoms with Gasteiger partial charge in [0.05, 0.1) is 19.0 Å². The first kappa shape index (κ1) is 26.9. The summed E-state index contributed by atoms with van der Waals surface area (Å²) in [7, 11) is -6.00. The molecule has 33 heavy (non-hydrogen) atoms. The van der Waals surface area contributed by atoms with Crippen LogP contribution < -0.4 is 4.74 Å². The average molecular weight is 817 g/mol. The van der Waals surface area contributed by atoms with E-state index in [0.29, 0.717) is 16.9 Å². The molecule has 0 radical (unpaired) electrons. The van der Waals surface area contributed by atoms with E-state index in [1.807, 2.05) is 57.3 Å². The molecule has 0 N–H and O–H groups in total. The van der Waals surface area contributed by atoms with Gasteiger partial charge < -0.3 is 14.0 Å². The molecule has 2 atom stereocenters. The van der Waals surface area contributed by atoms with Crippen LogP contribution in [0.2, 0.25) is 0 Å². The second-order valence-corrected chi connectivity index (χ2v) is 12.3. The zero-order chi connectivity index (χ0) is 24.6. The number of ether oxygens (including phenoxy) is 2. The number of esters is 2. The minimum atomic E-state index is -6.00. The highest BCUT2D eigenvalue weighted by molar-refractivity contribution is 14.1. The molecule has 1 aliphatic carbocycles. The van der Waals surface area contributed by atoms with E-state index >= 15 is 0 Å². The van der Waals surface area contributed by atoms with Crippen LogP contribution in [0.1, 0.15) is 23.5 Å². The maximum absolute atomic E-state index is 13.5. The first-order chi connectivity index (χ1) is 15.3. The topological polar surface area (TPSA) is 110 Å². The zero-order valence-corrected chi connectivity index (χ0v) is 23.7. The number of benzene rings is 2. The summed E-state index contributed by atoms with van der Waals surface area (Å²) in [5, 5.41) is -4.76. The molecule has 0 heterocycles. The van der Waals surface area contributed by atoms with Crippen molar-refractivity contribution in [2.75, 3.05) is 6.61 Å². The van der Waals surface area contributed by atoms with Crippen LogP contribution in [0.5, 0.6) is 5.75 Å². The molecule has 0 spiro atoms. The van der Waals surface area contributed by atoms with Gasteiger partial charge in [-0.15, -0.1) is 0 Å². The molecule has 0 saturated heterocycles. The fourth-order valence-corrected chi connectivity index (χ4v) is 7.37. The normalized spacial score (nSPS) is 18.4. The van der Waals surface area contributed by atoms with E-state index in [4.69, 9.17) is 4.74 Å². The molecule has 0 bridgehead atoms. The molecule has 2 aromatic carbocycles. The predicted molar refractivity (Wildman–Crippen MR) is 137 cm³/mol. The van der Waals surface area contributed by atoms with E-state index in [9.17, 15) is 31.3 Å². The lowest BCUT2D eigenvalue weighted by Crippen LogP contribution is -2.37. The number of halogens is 5. The largest absolute Gasteiger partial charge is 0.743 e. The molecular formula is C20H14F2I3O7S-. The third kappa shape index (κ3) is 6.32. The number of hydrogen-bond donors (Lipinski definition) is 0. The summed E-state index contributed by atoms with van der Waals surface area (Å²) in [6, 6.07) is 10.3. The van der Waals surface area contributed by atoms with Crippen molar-refractivity contribution in [2.24, 2.45) is 5.92 Å². The van der Waals surface area contributed by atoms with Crippen molar-refractivity contribution < 1.29 is 40.8 Å². The van der Waals surface area contributed by atoms with Crippen molar-refractivity contribution in [3.63, 3.8) is 0 Å². The Morgan fingerprint density at radius 1 is 1.09 bits per heavy atom. The molecule has 0 aliphatic heterocycles.